The van der Waals surface area contributed by atoms with Gasteiger partial charge in [-0.3, -0.25) is 0 Å². The smallest absolute Gasteiger partial charge is 0.125 e. The first kappa shape index (κ1) is 14.7. The molecule has 3 heteroatoms. The molecule has 0 saturated carbocycles. The monoisotopic (exact) mass is 269 g/mol. The molecule has 2 aromatic rings. The minimum absolute atomic E-state index is 0.415. The second-order valence-electron chi connectivity index (χ2n) is 5.77. The quantitative estimate of drug-likeness (QED) is 0.848. The Morgan fingerprint density at radius 2 is 1.85 bits per heavy atom. The van der Waals surface area contributed by atoms with Crippen molar-refractivity contribution in [1.29, 1.82) is 0 Å². The minimum atomic E-state index is 0.415. The zero-order valence-electron chi connectivity index (χ0n) is 13.0. The van der Waals surface area contributed by atoms with Gasteiger partial charge in [-0.1, -0.05) is 38.1 Å². The normalized spacial score (nSPS) is 11.3. The first-order valence-electron chi connectivity index (χ1n) is 7.05. The lowest BCUT2D eigenvalue weighted by molar-refractivity contribution is 0.403. The molecule has 0 bridgehead atoms. The van der Waals surface area contributed by atoms with Crippen molar-refractivity contribution in [3.63, 3.8) is 0 Å². The van der Waals surface area contributed by atoms with Crippen LogP contribution in [0.25, 0.3) is 11.3 Å². The largest absolute Gasteiger partial charge is 0.305 e. The summed E-state index contributed by atoms with van der Waals surface area (Å²) in [7, 11) is 4.18. The van der Waals surface area contributed by atoms with Crippen LogP contribution >= 0.6 is 0 Å². The van der Waals surface area contributed by atoms with Crippen LogP contribution in [0, 0.1) is 6.92 Å². The van der Waals surface area contributed by atoms with Gasteiger partial charge in [0.1, 0.15) is 5.82 Å². The lowest BCUT2D eigenvalue weighted by Crippen LogP contribution is -2.12. The Hall–Kier alpha value is -1.74. The van der Waals surface area contributed by atoms with Crippen molar-refractivity contribution in [2.75, 3.05) is 14.1 Å². The summed E-state index contributed by atoms with van der Waals surface area (Å²) in [4.78, 5) is 11.2. The number of hydrogen-bond donors (Lipinski definition) is 0. The average molecular weight is 269 g/mol. The number of aromatic nitrogens is 2. The second-order valence-corrected chi connectivity index (χ2v) is 5.77. The zero-order valence-corrected chi connectivity index (χ0v) is 13.0. The fourth-order valence-electron chi connectivity index (χ4n) is 2.35. The van der Waals surface area contributed by atoms with Crippen molar-refractivity contribution in [2.24, 2.45) is 0 Å². The molecule has 0 radical (unpaired) electrons. The fourth-order valence-corrected chi connectivity index (χ4v) is 2.35. The molecule has 0 saturated heterocycles. The summed E-state index contributed by atoms with van der Waals surface area (Å²) < 4.78 is 0. The summed E-state index contributed by atoms with van der Waals surface area (Å²) in [5.41, 5.74) is 4.81. The van der Waals surface area contributed by atoms with Crippen molar-refractivity contribution < 1.29 is 0 Å². The van der Waals surface area contributed by atoms with Gasteiger partial charge >= 0.3 is 0 Å². The van der Waals surface area contributed by atoms with Gasteiger partial charge in [-0.15, -0.1) is 0 Å². The molecule has 3 nitrogen and oxygen atoms in total. The third-order valence-electron chi connectivity index (χ3n) is 3.32. The molecule has 0 spiro atoms. The van der Waals surface area contributed by atoms with E-state index < -0.39 is 0 Å². The molecular weight excluding hydrogens is 246 g/mol. The fraction of sp³-hybridized carbons (Fsp3) is 0.412. The van der Waals surface area contributed by atoms with Crippen LogP contribution in [0.2, 0.25) is 0 Å². The van der Waals surface area contributed by atoms with Crippen LogP contribution in [-0.2, 0) is 6.54 Å². The van der Waals surface area contributed by atoms with E-state index in [4.69, 9.17) is 4.98 Å². The summed E-state index contributed by atoms with van der Waals surface area (Å²) in [6.45, 7) is 7.23. The first-order chi connectivity index (χ1) is 9.49. The van der Waals surface area contributed by atoms with Crippen LogP contribution in [-0.4, -0.2) is 29.0 Å². The number of hydrogen-bond acceptors (Lipinski definition) is 3. The standard InChI is InChI=1S/C17H23N3/c1-12(2)16-10-18-13(3)19-17(16)15-9-7-6-8-14(15)11-20(4)5/h6-10,12H,11H2,1-5H3. The molecule has 1 heterocycles. The van der Waals surface area contributed by atoms with E-state index in [9.17, 15) is 0 Å². The van der Waals surface area contributed by atoms with Crippen LogP contribution < -0.4 is 0 Å². The predicted octanol–water partition coefficient (Wildman–Crippen LogP) is 3.64. The van der Waals surface area contributed by atoms with Crippen LogP contribution in [0.15, 0.2) is 30.5 Å². The molecule has 0 aliphatic heterocycles. The average Bonchev–Trinajstić information content (AvgIpc) is 2.38. The van der Waals surface area contributed by atoms with E-state index in [0.29, 0.717) is 5.92 Å². The molecule has 106 valence electrons. The van der Waals surface area contributed by atoms with Crippen molar-refractivity contribution >= 4 is 0 Å². The summed E-state index contributed by atoms with van der Waals surface area (Å²) in [6, 6.07) is 8.50. The van der Waals surface area contributed by atoms with Gasteiger partial charge in [0.05, 0.1) is 5.69 Å². The van der Waals surface area contributed by atoms with Gasteiger partial charge in [-0.2, -0.15) is 0 Å². The number of nitrogens with zero attached hydrogens (tertiary/aromatic N) is 3. The van der Waals surface area contributed by atoms with Crippen LogP contribution in [0.3, 0.4) is 0 Å². The molecule has 0 aliphatic rings. The highest BCUT2D eigenvalue weighted by atomic mass is 15.0. The lowest BCUT2D eigenvalue weighted by atomic mass is 9.95. The molecule has 1 aromatic heterocycles. The summed E-state index contributed by atoms with van der Waals surface area (Å²) in [5.74, 6) is 1.24. The summed E-state index contributed by atoms with van der Waals surface area (Å²) in [6.07, 6.45) is 1.97. The van der Waals surface area contributed by atoms with Crippen molar-refractivity contribution in [3.05, 3.63) is 47.4 Å². The molecular formula is C17H23N3. The molecule has 2 rings (SSSR count). The topological polar surface area (TPSA) is 29.0 Å². The number of aryl methyl sites for hydroxylation is 1. The van der Waals surface area contributed by atoms with Crippen molar-refractivity contribution in [3.8, 4) is 11.3 Å². The maximum Gasteiger partial charge on any atom is 0.125 e. The van der Waals surface area contributed by atoms with E-state index in [1.165, 1.54) is 16.7 Å². The van der Waals surface area contributed by atoms with E-state index in [-0.39, 0.29) is 0 Å². The molecule has 0 fully saturated rings. The van der Waals surface area contributed by atoms with Crippen LogP contribution in [0.1, 0.15) is 36.7 Å². The Morgan fingerprint density at radius 1 is 1.15 bits per heavy atom. The maximum absolute atomic E-state index is 4.70. The lowest BCUT2D eigenvalue weighted by Gasteiger charge is -2.17. The third kappa shape index (κ3) is 3.23. The Kier molecular flexibility index (Phi) is 4.50. The van der Waals surface area contributed by atoms with Gasteiger partial charge in [0.15, 0.2) is 0 Å². The molecule has 0 N–H and O–H groups in total. The predicted molar refractivity (Wildman–Crippen MR) is 83.7 cm³/mol. The van der Waals surface area contributed by atoms with Gasteiger partial charge in [-0.05, 0) is 38.1 Å². The number of benzene rings is 1. The van der Waals surface area contributed by atoms with E-state index in [1.807, 2.05) is 13.1 Å². The van der Waals surface area contributed by atoms with Crippen LogP contribution in [0.4, 0.5) is 0 Å². The molecule has 1 aromatic carbocycles. The van der Waals surface area contributed by atoms with E-state index in [2.05, 4.69) is 62.1 Å². The molecule has 0 amide bonds. The minimum Gasteiger partial charge on any atom is -0.305 e. The van der Waals surface area contributed by atoms with Gasteiger partial charge in [0.25, 0.3) is 0 Å². The molecule has 0 unspecified atom stereocenters. The molecule has 20 heavy (non-hydrogen) atoms. The van der Waals surface area contributed by atoms with E-state index in [0.717, 1.165) is 18.1 Å². The Bertz CT molecular complexity index is 589. The Morgan fingerprint density at radius 3 is 2.50 bits per heavy atom. The Labute approximate surface area is 121 Å². The SMILES string of the molecule is Cc1ncc(C(C)C)c(-c2ccccc2CN(C)C)n1. The highest BCUT2D eigenvalue weighted by Gasteiger charge is 2.14. The van der Waals surface area contributed by atoms with Gasteiger partial charge in [0.2, 0.25) is 0 Å². The number of rotatable bonds is 4. The van der Waals surface area contributed by atoms with Gasteiger partial charge in [-0.25, -0.2) is 9.97 Å². The van der Waals surface area contributed by atoms with Crippen molar-refractivity contribution in [1.82, 2.24) is 14.9 Å². The molecule has 0 atom stereocenters. The van der Waals surface area contributed by atoms with Gasteiger partial charge < -0.3 is 4.90 Å². The summed E-state index contributed by atoms with van der Waals surface area (Å²) in [5, 5.41) is 0. The van der Waals surface area contributed by atoms with E-state index in [1.54, 1.807) is 0 Å². The second kappa shape index (κ2) is 6.14. The van der Waals surface area contributed by atoms with Gasteiger partial charge in [0, 0.05) is 18.3 Å². The van der Waals surface area contributed by atoms with Crippen molar-refractivity contribution in [2.45, 2.75) is 33.2 Å². The third-order valence-corrected chi connectivity index (χ3v) is 3.32. The summed E-state index contributed by atoms with van der Waals surface area (Å²) >= 11 is 0. The molecule has 0 aliphatic carbocycles. The maximum atomic E-state index is 4.70. The zero-order chi connectivity index (χ0) is 14.7. The first-order valence-corrected chi connectivity index (χ1v) is 7.05. The van der Waals surface area contributed by atoms with Crippen LogP contribution in [0.5, 0.6) is 0 Å². The highest BCUT2D eigenvalue weighted by Crippen LogP contribution is 2.29. The Balaban J connectivity index is 2.59. The highest BCUT2D eigenvalue weighted by molar-refractivity contribution is 5.67. The van der Waals surface area contributed by atoms with E-state index >= 15 is 0 Å².